The van der Waals surface area contributed by atoms with E-state index in [2.05, 4.69) is 29.5 Å². The van der Waals surface area contributed by atoms with E-state index in [0.29, 0.717) is 5.41 Å². The lowest BCUT2D eigenvalue weighted by Crippen LogP contribution is -2.15. The molecule has 1 N–H and O–H groups in total. The van der Waals surface area contributed by atoms with Crippen LogP contribution in [0.2, 0.25) is 0 Å². The number of nitrogens with zero attached hydrogens (tertiary/aromatic N) is 1. The van der Waals surface area contributed by atoms with Crippen LogP contribution in [0.15, 0.2) is 5.38 Å². The van der Waals surface area contributed by atoms with Gasteiger partial charge in [0, 0.05) is 11.9 Å². The van der Waals surface area contributed by atoms with Gasteiger partial charge in [-0.15, -0.1) is 11.3 Å². The van der Waals surface area contributed by atoms with E-state index in [9.17, 15) is 0 Å². The van der Waals surface area contributed by atoms with Gasteiger partial charge in [0.2, 0.25) is 0 Å². The summed E-state index contributed by atoms with van der Waals surface area (Å²) >= 11 is 1.74. The molecule has 0 amide bonds. The number of hydrogen-bond donors (Lipinski definition) is 1. The lowest BCUT2D eigenvalue weighted by molar-refractivity contribution is 0.485. The molecular weight excluding hydrogens is 204 g/mol. The van der Waals surface area contributed by atoms with Crippen LogP contribution in [0.5, 0.6) is 0 Å². The Kier molecular flexibility index (Phi) is 3.29. The molecule has 0 unspecified atom stereocenters. The summed E-state index contributed by atoms with van der Waals surface area (Å²) < 4.78 is 0. The zero-order valence-corrected chi connectivity index (χ0v) is 10.5. The van der Waals surface area contributed by atoms with Gasteiger partial charge in [0.15, 0.2) is 5.13 Å². The smallest absolute Gasteiger partial charge is 0.182 e. The van der Waals surface area contributed by atoms with Crippen molar-refractivity contribution in [2.45, 2.75) is 46.0 Å². The van der Waals surface area contributed by atoms with Gasteiger partial charge in [-0.05, 0) is 31.1 Å². The van der Waals surface area contributed by atoms with E-state index in [1.54, 1.807) is 11.3 Å². The number of anilines is 1. The molecule has 0 atom stereocenters. The fraction of sp³-hybridized carbons (Fsp3) is 0.750. The van der Waals surface area contributed by atoms with Gasteiger partial charge in [-0.1, -0.05) is 20.3 Å². The van der Waals surface area contributed by atoms with Crippen molar-refractivity contribution in [3.05, 3.63) is 11.1 Å². The minimum Gasteiger partial charge on any atom is -0.361 e. The van der Waals surface area contributed by atoms with Crippen LogP contribution in [0.4, 0.5) is 5.13 Å². The van der Waals surface area contributed by atoms with E-state index in [4.69, 9.17) is 0 Å². The van der Waals surface area contributed by atoms with E-state index >= 15 is 0 Å². The lowest BCUT2D eigenvalue weighted by atomic mass is 10.0. The second-order valence-corrected chi connectivity index (χ2v) is 5.46. The zero-order valence-electron chi connectivity index (χ0n) is 9.68. The monoisotopic (exact) mass is 224 g/mol. The number of hydrogen-bond acceptors (Lipinski definition) is 3. The Balaban J connectivity index is 1.82. The Hall–Kier alpha value is -0.570. The van der Waals surface area contributed by atoms with Crippen molar-refractivity contribution in [1.82, 2.24) is 4.98 Å². The van der Waals surface area contributed by atoms with Crippen LogP contribution >= 0.6 is 11.3 Å². The van der Waals surface area contributed by atoms with Crippen LogP contribution in [0, 0.1) is 5.41 Å². The fourth-order valence-electron chi connectivity index (χ4n) is 2.04. The molecule has 1 aromatic heterocycles. The minimum absolute atomic E-state index is 0.618. The first-order valence-corrected chi connectivity index (χ1v) is 6.84. The highest BCUT2D eigenvalue weighted by atomic mass is 32.1. The maximum Gasteiger partial charge on any atom is 0.182 e. The number of aryl methyl sites for hydroxylation is 1. The number of nitrogens with one attached hydrogen (secondary N) is 1. The molecule has 0 bridgehead atoms. The van der Waals surface area contributed by atoms with Crippen molar-refractivity contribution in [1.29, 1.82) is 0 Å². The molecule has 0 saturated heterocycles. The molecule has 1 aliphatic carbocycles. The zero-order chi connectivity index (χ0) is 10.7. The Morgan fingerprint density at radius 2 is 2.27 bits per heavy atom. The summed E-state index contributed by atoms with van der Waals surface area (Å²) in [4.78, 5) is 4.53. The second-order valence-electron chi connectivity index (χ2n) is 4.60. The quantitative estimate of drug-likeness (QED) is 0.797. The molecule has 1 aromatic rings. The third kappa shape index (κ3) is 2.71. The molecule has 15 heavy (non-hydrogen) atoms. The van der Waals surface area contributed by atoms with Crippen molar-refractivity contribution in [2.75, 3.05) is 11.9 Å². The summed E-state index contributed by atoms with van der Waals surface area (Å²) in [6.45, 7) is 5.55. The van der Waals surface area contributed by atoms with Gasteiger partial charge in [0.1, 0.15) is 0 Å². The molecule has 2 rings (SSSR count). The first-order chi connectivity index (χ1) is 7.28. The first-order valence-electron chi connectivity index (χ1n) is 5.96. The van der Waals surface area contributed by atoms with Crippen LogP contribution in [0.25, 0.3) is 0 Å². The summed E-state index contributed by atoms with van der Waals surface area (Å²) in [7, 11) is 0. The number of aromatic nitrogens is 1. The molecule has 1 aliphatic rings. The summed E-state index contributed by atoms with van der Waals surface area (Å²) in [5, 5.41) is 6.75. The molecule has 1 saturated carbocycles. The van der Waals surface area contributed by atoms with Crippen molar-refractivity contribution >= 4 is 16.5 Å². The molecule has 2 nitrogen and oxygen atoms in total. The predicted molar refractivity (Wildman–Crippen MR) is 66.6 cm³/mol. The maximum absolute atomic E-state index is 4.53. The number of thiazole rings is 1. The van der Waals surface area contributed by atoms with Gasteiger partial charge in [0.25, 0.3) is 0 Å². The summed E-state index contributed by atoms with van der Waals surface area (Å²) in [6, 6.07) is 0. The van der Waals surface area contributed by atoms with Gasteiger partial charge in [-0.3, -0.25) is 0 Å². The Morgan fingerprint density at radius 3 is 2.80 bits per heavy atom. The van der Waals surface area contributed by atoms with Gasteiger partial charge in [-0.25, -0.2) is 4.98 Å². The van der Waals surface area contributed by atoms with E-state index in [-0.39, 0.29) is 0 Å². The topological polar surface area (TPSA) is 24.9 Å². The summed E-state index contributed by atoms with van der Waals surface area (Å²) in [5.41, 5.74) is 1.83. The Morgan fingerprint density at radius 1 is 1.47 bits per heavy atom. The molecule has 1 heterocycles. The largest absolute Gasteiger partial charge is 0.361 e. The second kappa shape index (κ2) is 4.52. The standard InChI is InChI=1S/C12H20N2S/c1-3-5-12(6-7-12)9-13-11-14-10(4-2)8-15-11/h8H,3-7,9H2,1-2H3,(H,13,14). The molecule has 0 aliphatic heterocycles. The average Bonchev–Trinajstić information content (AvgIpc) is 2.86. The van der Waals surface area contributed by atoms with Crippen LogP contribution in [-0.4, -0.2) is 11.5 Å². The van der Waals surface area contributed by atoms with Crippen molar-refractivity contribution in [3.8, 4) is 0 Å². The third-order valence-corrected chi connectivity index (χ3v) is 4.11. The van der Waals surface area contributed by atoms with Gasteiger partial charge < -0.3 is 5.32 Å². The molecule has 0 spiro atoms. The normalized spacial score (nSPS) is 17.7. The van der Waals surface area contributed by atoms with E-state index < -0.39 is 0 Å². The third-order valence-electron chi connectivity index (χ3n) is 3.27. The highest BCUT2D eigenvalue weighted by Gasteiger charge is 2.41. The first kappa shape index (κ1) is 10.9. The highest BCUT2D eigenvalue weighted by molar-refractivity contribution is 7.13. The molecule has 84 valence electrons. The van der Waals surface area contributed by atoms with E-state index in [0.717, 1.165) is 18.1 Å². The van der Waals surface area contributed by atoms with Gasteiger partial charge in [0.05, 0.1) is 5.69 Å². The molecule has 3 heteroatoms. The lowest BCUT2D eigenvalue weighted by Gasteiger charge is -2.13. The van der Waals surface area contributed by atoms with Crippen LogP contribution in [-0.2, 0) is 6.42 Å². The van der Waals surface area contributed by atoms with E-state index in [1.807, 2.05) is 0 Å². The average molecular weight is 224 g/mol. The summed E-state index contributed by atoms with van der Waals surface area (Å²) in [6.07, 6.45) is 6.52. The van der Waals surface area contributed by atoms with Crippen molar-refractivity contribution in [3.63, 3.8) is 0 Å². The molecular formula is C12H20N2S. The fourth-order valence-corrected chi connectivity index (χ4v) is 2.83. The van der Waals surface area contributed by atoms with Gasteiger partial charge in [-0.2, -0.15) is 0 Å². The SMILES string of the molecule is CCCC1(CNc2nc(CC)cs2)CC1. The molecule has 0 aromatic carbocycles. The van der Waals surface area contributed by atoms with Crippen LogP contribution in [0.1, 0.15) is 45.2 Å². The Bertz CT molecular complexity index is 315. The van der Waals surface area contributed by atoms with Crippen LogP contribution < -0.4 is 5.32 Å². The Labute approximate surface area is 96.1 Å². The van der Waals surface area contributed by atoms with Gasteiger partial charge >= 0.3 is 0 Å². The molecule has 0 radical (unpaired) electrons. The van der Waals surface area contributed by atoms with Crippen LogP contribution in [0.3, 0.4) is 0 Å². The maximum atomic E-state index is 4.53. The van der Waals surface area contributed by atoms with Crippen molar-refractivity contribution < 1.29 is 0 Å². The summed E-state index contributed by atoms with van der Waals surface area (Å²) in [5.74, 6) is 0. The van der Waals surface area contributed by atoms with Crippen molar-refractivity contribution in [2.24, 2.45) is 5.41 Å². The predicted octanol–water partition coefficient (Wildman–Crippen LogP) is 3.70. The number of rotatable bonds is 6. The van der Waals surface area contributed by atoms with E-state index in [1.165, 1.54) is 31.4 Å². The molecule has 1 fully saturated rings. The highest BCUT2D eigenvalue weighted by Crippen LogP contribution is 2.49. The minimum atomic E-state index is 0.618.